The van der Waals surface area contributed by atoms with Crippen LogP contribution in [0.15, 0.2) is 18.2 Å². The average molecular weight is 203 g/mol. The molecule has 1 aromatic carbocycles. The van der Waals surface area contributed by atoms with E-state index >= 15 is 0 Å². The molecule has 0 atom stereocenters. The van der Waals surface area contributed by atoms with Crippen molar-refractivity contribution >= 4 is 21.4 Å². The standard InChI is InChI=1S/C11H9NOS/c1-7-2-3-8(6-13)11-10(7)4-9(5-12)14-11/h2-4,13H,6H2,1H3. The normalized spacial score (nSPS) is 10.4. The van der Waals surface area contributed by atoms with Gasteiger partial charge in [-0.3, -0.25) is 0 Å². The molecule has 1 heterocycles. The van der Waals surface area contributed by atoms with E-state index in [0.29, 0.717) is 4.88 Å². The number of aliphatic hydroxyl groups is 1. The van der Waals surface area contributed by atoms with Crippen LogP contribution in [0.1, 0.15) is 16.0 Å². The highest BCUT2D eigenvalue weighted by molar-refractivity contribution is 7.19. The van der Waals surface area contributed by atoms with Gasteiger partial charge >= 0.3 is 0 Å². The largest absolute Gasteiger partial charge is 0.392 e. The Morgan fingerprint density at radius 2 is 2.29 bits per heavy atom. The highest BCUT2D eigenvalue weighted by Gasteiger charge is 2.07. The lowest BCUT2D eigenvalue weighted by atomic mass is 10.1. The van der Waals surface area contributed by atoms with Gasteiger partial charge in [0.15, 0.2) is 0 Å². The molecule has 1 N–H and O–H groups in total. The molecular weight excluding hydrogens is 194 g/mol. The Bertz CT molecular complexity index is 522. The molecule has 14 heavy (non-hydrogen) atoms. The van der Waals surface area contributed by atoms with E-state index in [0.717, 1.165) is 21.2 Å². The van der Waals surface area contributed by atoms with Crippen LogP contribution in [0.2, 0.25) is 0 Å². The fourth-order valence-electron chi connectivity index (χ4n) is 1.49. The van der Waals surface area contributed by atoms with Crippen molar-refractivity contribution in [1.82, 2.24) is 0 Å². The van der Waals surface area contributed by atoms with Crippen LogP contribution < -0.4 is 0 Å². The van der Waals surface area contributed by atoms with E-state index < -0.39 is 0 Å². The molecule has 0 aliphatic rings. The lowest BCUT2D eigenvalue weighted by Crippen LogP contribution is -1.83. The maximum atomic E-state index is 9.13. The zero-order valence-electron chi connectivity index (χ0n) is 7.74. The van der Waals surface area contributed by atoms with Crippen LogP contribution in [0.25, 0.3) is 10.1 Å². The van der Waals surface area contributed by atoms with Gasteiger partial charge < -0.3 is 5.11 Å². The van der Waals surface area contributed by atoms with E-state index in [-0.39, 0.29) is 6.61 Å². The highest BCUT2D eigenvalue weighted by Crippen LogP contribution is 2.30. The van der Waals surface area contributed by atoms with Crippen LogP contribution in [-0.4, -0.2) is 5.11 Å². The molecule has 2 aromatic rings. The number of rotatable bonds is 1. The minimum absolute atomic E-state index is 0.0299. The first-order valence-corrected chi connectivity index (χ1v) is 5.11. The van der Waals surface area contributed by atoms with Crippen molar-refractivity contribution < 1.29 is 5.11 Å². The Kier molecular flexibility index (Phi) is 2.24. The number of benzene rings is 1. The molecule has 0 aliphatic carbocycles. The predicted octanol–water partition coefficient (Wildman–Crippen LogP) is 2.57. The summed E-state index contributed by atoms with van der Waals surface area (Å²) in [7, 11) is 0. The summed E-state index contributed by atoms with van der Waals surface area (Å²) in [5, 5.41) is 19.0. The Morgan fingerprint density at radius 1 is 1.50 bits per heavy atom. The molecule has 0 radical (unpaired) electrons. The number of nitrogens with zero attached hydrogens (tertiary/aromatic N) is 1. The summed E-state index contributed by atoms with van der Waals surface area (Å²) in [5.74, 6) is 0. The van der Waals surface area contributed by atoms with E-state index in [1.54, 1.807) is 0 Å². The molecule has 70 valence electrons. The van der Waals surface area contributed by atoms with Crippen LogP contribution in [0.3, 0.4) is 0 Å². The van der Waals surface area contributed by atoms with Gasteiger partial charge in [-0.15, -0.1) is 11.3 Å². The van der Waals surface area contributed by atoms with Gasteiger partial charge in [-0.25, -0.2) is 0 Å². The Hall–Kier alpha value is -1.37. The fourth-order valence-corrected chi connectivity index (χ4v) is 2.53. The van der Waals surface area contributed by atoms with E-state index in [9.17, 15) is 0 Å². The van der Waals surface area contributed by atoms with Crippen LogP contribution in [0, 0.1) is 18.3 Å². The predicted molar refractivity (Wildman–Crippen MR) is 57.2 cm³/mol. The van der Waals surface area contributed by atoms with E-state index in [1.165, 1.54) is 11.3 Å². The minimum atomic E-state index is 0.0299. The molecule has 0 unspecified atom stereocenters. The molecule has 0 amide bonds. The zero-order chi connectivity index (χ0) is 10.1. The van der Waals surface area contributed by atoms with E-state index in [1.807, 2.05) is 25.1 Å². The zero-order valence-corrected chi connectivity index (χ0v) is 8.56. The quantitative estimate of drug-likeness (QED) is 0.774. The van der Waals surface area contributed by atoms with Crippen LogP contribution in [0.4, 0.5) is 0 Å². The van der Waals surface area contributed by atoms with Gasteiger partial charge in [-0.05, 0) is 29.5 Å². The fraction of sp³-hybridized carbons (Fsp3) is 0.182. The number of hydrogen-bond donors (Lipinski definition) is 1. The van der Waals surface area contributed by atoms with Gasteiger partial charge in [0.25, 0.3) is 0 Å². The van der Waals surface area contributed by atoms with Crippen molar-refractivity contribution in [3.63, 3.8) is 0 Å². The SMILES string of the molecule is Cc1ccc(CO)c2sc(C#N)cc12. The molecule has 1 aromatic heterocycles. The number of aryl methyl sites for hydroxylation is 1. The topological polar surface area (TPSA) is 44.0 Å². The molecule has 0 saturated heterocycles. The summed E-state index contributed by atoms with van der Waals surface area (Å²) in [6, 6.07) is 7.90. The van der Waals surface area contributed by atoms with Gasteiger partial charge in [0.2, 0.25) is 0 Å². The Labute approximate surface area is 86.0 Å². The lowest BCUT2D eigenvalue weighted by Gasteiger charge is -2.00. The van der Waals surface area contributed by atoms with Crippen molar-refractivity contribution in [3.05, 3.63) is 34.2 Å². The first-order valence-electron chi connectivity index (χ1n) is 4.29. The summed E-state index contributed by atoms with van der Waals surface area (Å²) in [6.45, 7) is 2.04. The molecule has 0 spiro atoms. The Balaban J connectivity index is 2.83. The van der Waals surface area contributed by atoms with E-state index in [4.69, 9.17) is 10.4 Å². The summed E-state index contributed by atoms with van der Waals surface area (Å²) < 4.78 is 1.03. The van der Waals surface area contributed by atoms with Crippen LogP contribution in [-0.2, 0) is 6.61 Å². The first-order chi connectivity index (χ1) is 6.76. The van der Waals surface area contributed by atoms with Crippen LogP contribution >= 0.6 is 11.3 Å². The third kappa shape index (κ3) is 1.29. The minimum Gasteiger partial charge on any atom is -0.392 e. The smallest absolute Gasteiger partial charge is 0.110 e. The van der Waals surface area contributed by atoms with Gasteiger partial charge in [0, 0.05) is 4.70 Å². The van der Waals surface area contributed by atoms with Crippen molar-refractivity contribution in [3.8, 4) is 6.07 Å². The summed E-state index contributed by atoms with van der Waals surface area (Å²) in [5.41, 5.74) is 2.05. The summed E-state index contributed by atoms with van der Waals surface area (Å²) >= 11 is 1.44. The summed E-state index contributed by atoms with van der Waals surface area (Å²) in [4.78, 5) is 0.698. The van der Waals surface area contributed by atoms with Gasteiger partial charge in [0.05, 0.1) is 6.61 Å². The van der Waals surface area contributed by atoms with Crippen molar-refractivity contribution in [2.45, 2.75) is 13.5 Å². The second kappa shape index (κ2) is 3.41. The molecule has 2 rings (SSSR count). The van der Waals surface area contributed by atoms with Crippen LogP contribution in [0.5, 0.6) is 0 Å². The Morgan fingerprint density at radius 3 is 2.93 bits per heavy atom. The third-order valence-corrected chi connectivity index (χ3v) is 3.38. The van der Waals surface area contributed by atoms with Gasteiger partial charge in [-0.2, -0.15) is 5.26 Å². The molecule has 3 heteroatoms. The van der Waals surface area contributed by atoms with Crippen molar-refractivity contribution in [1.29, 1.82) is 5.26 Å². The monoisotopic (exact) mass is 203 g/mol. The van der Waals surface area contributed by atoms with Gasteiger partial charge in [0.1, 0.15) is 10.9 Å². The van der Waals surface area contributed by atoms with Crippen molar-refractivity contribution in [2.75, 3.05) is 0 Å². The third-order valence-electron chi connectivity index (χ3n) is 2.26. The highest BCUT2D eigenvalue weighted by atomic mass is 32.1. The molecule has 0 bridgehead atoms. The molecule has 2 nitrogen and oxygen atoms in total. The van der Waals surface area contributed by atoms with Crippen molar-refractivity contribution in [2.24, 2.45) is 0 Å². The lowest BCUT2D eigenvalue weighted by molar-refractivity contribution is 0.283. The molecule has 0 saturated carbocycles. The maximum absolute atomic E-state index is 9.13. The maximum Gasteiger partial charge on any atom is 0.110 e. The van der Waals surface area contributed by atoms with Gasteiger partial charge in [-0.1, -0.05) is 12.1 Å². The molecular formula is C11H9NOS. The second-order valence-corrected chi connectivity index (χ2v) is 4.22. The number of nitriles is 1. The molecule has 0 aliphatic heterocycles. The summed E-state index contributed by atoms with van der Waals surface area (Å²) in [6.07, 6.45) is 0. The molecule has 0 fully saturated rings. The van der Waals surface area contributed by atoms with E-state index in [2.05, 4.69) is 6.07 Å². The second-order valence-electron chi connectivity index (χ2n) is 3.16. The number of thiophene rings is 1. The average Bonchev–Trinajstić information content (AvgIpc) is 2.63. The first kappa shape index (κ1) is 9.20. The number of aliphatic hydroxyl groups excluding tert-OH is 1. The number of fused-ring (bicyclic) bond motifs is 1. The number of hydrogen-bond acceptors (Lipinski definition) is 3.